The fourth-order valence-electron chi connectivity index (χ4n) is 4.39. The lowest BCUT2D eigenvalue weighted by Gasteiger charge is -2.45. The van der Waals surface area contributed by atoms with Gasteiger partial charge in [-0.2, -0.15) is 5.10 Å². The molecule has 1 aromatic rings. The predicted molar refractivity (Wildman–Crippen MR) is 106 cm³/mol. The highest BCUT2D eigenvalue weighted by molar-refractivity contribution is 6.01. The van der Waals surface area contributed by atoms with Crippen LogP contribution in [0, 0.1) is 5.82 Å². The maximum absolute atomic E-state index is 14.2. The van der Waals surface area contributed by atoms with Crippen molar-refractivity contribution >= 4 is 17.6 Å². The molecule has 3 heterocycles. The molecule has 3 amide bonds. The van der Waals surface area contributed by atoms with Crippen LogP contribution in [0.4, 0.5) is 9.18 Å². The van der Waals surface area contributed by atoms with Gasteiger partial charge in [-0.05, 0) is 26.3 Å². The normalized spacial score (nSPS) is 29.8. The van der Waals surface area contributed by atoms with Gasteiger partial charge in [0.2, 0.25) is 0 Å². The van der Waals surface area contributed by atoms with Crippen LogP contribution < -0.4 is 5.32 Å². The second-order valence-electron chi connectivity index (χ2n) is 7.87. The molecular formula is C20H27FN6O2. The largest absolute Gasteiger partial charge is 0.328 e. The van der Waals surface area contributed by atoms with Crippen molar-refractivity contribution in [2.45, 2.75) is 58.3 Å². The average molecular weight is 402 g/mol. The van der Waals surface area contributed by atoms with Gasteiger partial charge in [0.25, 0.3) is 5.91 Å². The van der Waals surface area contributed by atoms with Crippen molar-refractivity contribution in [2.24, 2.45) is 5.10 Å². The first-order chi connectivity index (χ1) is 13.8. The molecule has 0 aromatic heterocycles. The molecule has 3 aliphatic rings. The van der Waals surface area contributed by atoms with Gasteiger partial charge in [-0.3, -0.25) is 20.0 Å². The Labute approximate surface area is 169 Å². The SMILES string of the molecule is CCCN1N=C(C)C(C)N2C3C(=O)N(Cc4ccccc4F)C(=O)N(C)C3NC12. The molecule has 4 unspecified atom stereocenters. The molecule has 29 heavy (non-hydrogen) atoms. The minimum atomic E-state index is -0.561. The molecule has 0 spiro atoms. The Morgan fingerprint density at radius 3 is 2.66 bits per heavy atom. The highest BCUT2D eigenvalue weighted by Crippen LogP contribution is 2.33. The summed E-state index contributed by atoms with van der Waals surface area (Å²) in [6.45, 7) is 6.70. The van der Waals surface area contributed by atoms with Crippen LogP contribution >= 0.6 is 0 Å². The van der Waals surface area contributed by atoms with E-state index in [1.165, 1.54) is 11.0 Å². The van der Waals surface area contributed by atoms with E-state index in [0.717, 1.165) is 23.6 Å². The molecule has 1 N–H and O–H groups in total. The Bertz CT molecular complexity index is 861. The lowest BCUT2D eigenvalue weighted by Crippen LogP contribution is -2.67. The number of hydrazone groups is 1. The molecule has 2 saturated heterocycles. The summed E-state index contributed by atoms with van der Waals surface area (Å²) < 4.78 is 14.2. The summed E-state index contributed by atoms with van der Waals surface area (Å²) in [4.78, 5) is 31.2. The van der Waals surface area contributed by atoms with Gasteiger partial charge in [-0.15, -0.1) is 0 Å². The third-order valence-corrected chi connectivity index (χ3v) is 6.05. The zero-order valence-corrected chi connectivity index (χ0v) is 17.2. The first-order valence-corrected chi connectivity index (χ1v) is 10.0. The monoisotopic (exact) mass is 402 g/mol. The zero-order chi connectivity index (χ0) is 20.9. The average Bonchev–Trinajstić information content (AvgIpc) is 3.10. The van der Waals surface area contributed by atoms with Gasteiger partial charge in [0.05, 0.1) is 18.3 Å². The number of rotatable bonds is 4. The quantitative estimate of drug-likeness (QED) is 0.828. The van der Waals surface area contributed by atoms with Gasteiger partial charge in [0, 0.05) is 19.2 Å². The van der Waals surface area contributed by atoms with E-state index in [0.29, 0.717) is 5.56 Å². The van der Waals surface area contributed by atoms with Crippen molar-refractivity contribution in [1.29, 1.82) is 0 Å². The van der Waals surface area contributed by atoms with Gasteiger partial charge >= 0.3 is 6.03 Å². The molecule has 0 bridgehead atoms. The minimum absolute atomic E-state index is 0.0588. The van der Waals surface area contributed by atoms with Crippen molar-refractivity contribution in [3.05, 3.63) is 35.6 Å². The lowest BCUT2D eigenvalue weighted by molar-refractivity contribution is -0.140. The Balaban J connectivity index is 1.68. The van der Waals surface area contributed by atoms with Crippen molar-refractivity contribution in [1.82, 2.24) is 25.0 Å². The topological polar surface area (TPSA) is 71.5 Å². The van der Waals surface area contributed by atoms with E-state index in [1.54, 1.807) is 25.2 Å². The lowest BCUT2D eigenvalue weighted by atomic mass is 10.0. The number of amides is 3. The maximum atomic E-state index is 14.2. The molecule has 4 rings (SSSR count). The number of imide groups is 1. The Morgan fingerprint density at radius 2 is 1.97 bits per heavy atom. The van der Waals surface area contributed by atoms with E-state index in [4.69, 9.17) is 0 Å². The predicted octanol–water partition coefficient (Wildman–Crippen LogP) is 1.59. The fraction of sp³-hybridized carbons (Fsp3) is 0.550. The number of likely N-dealkylation sites (N-methyl/N-ethyl adjacent to an activating group) is 1. The number of nitrogens with one attached hydrogen (secondary N) is 1. The summed E-state index contributed by atoms with van der Waals surface area (Å²) in [5, 5.41) is 10.0. The van der Waals surface area contributed by atoms with Crippen molar-refractivity contribution < 1.29 is 14.0 Å². The number of carbonyl (C=O) groups excluding carboxylic acids is 2. The molecule has 9 heteroatoms. The van der Waals surface area contributed by atoms with Crippen LogP contribution in [0.5, 0.6) is 0 Å². The summed E-state index contributed by atoms with van der Waals surface area (Å²) in [5.41, 5.74) is 1.24. The van der Waals surface area contributed by atoms with Crippen LogP contribution in [-0.2, 0) is 11.3 Å². The smallest absolute Gasteiger partial charge is 0.310 e. The van der Waals surface area contributed by atoms with Gasteiger partial charge < -0.3 is 4.90 Å². The van der Waals surface area contributed by atoms with E-state index < -0.39 is 24.1 Å². The first-order valence-electron chi connectivity index (χ1n) is 10.0. The number of carbonyl (C=O) groups is 2. The molecule has 3 aliphatic heterocycles. The molecule has 0 radical (unpaired) electrons. The van der Waals surface area contributed by atoms with Crippen molar-refractivity contribution in [3.63, 3.8) is 0 Å². The third kappa shape index (κ3) is 3.08. The van der Waals surface area contributed by atoms with Gasteiger partial charge in [0.1, 0.15) is 18.0 Å². The van der Waals surface area contributed by atoms with E-state index in [-0.39, 0.29) is 24.8 Å². The van der Waals surface area contributed by atoms with Crippen LogP contribution in [-0.4, -0.2) is 75.5 Å². The van der Waals surface area contributed by atoms with Gasteiger partial charge in [0.15, 0.2) is 6.29 Å². The summed E-state index contributed by atoms with van der Waals surface area (Å²) in [6, 6.07) is 5.17. The number of fused-ring (bicyclic) bond motifs is 3. The van der Waals surface area contributed by atoms with E-state index in [2.05, 4.69) is 22.2 Å². The summed E-state index contributed by atoms with van der Waals surface area (Å²) >= 11 is 0. The number of hydrogen-bond acceptors (Lipinski definition) is 6. The maximum Gasteiger partial charge on any atom is 0.328 e. The number of hydrogen-bond donors (Lipinski definition) is 1. The fourth-order valence-corrected chi connectivity index (χ4v) is 4.39. The second kappa shape index (κ2) is 7.38. The molecule has 0 aliphatic carbocycles. The van der Waals surface area contributed by atoms with Crippen molar-refractivity contribution in [3.8, 4) is 0 Å². The summed E-state index contributed by atoms with van der Waals surface area (Å²) in [6.07, 6.45) is 0.185. The molecular weight excluding hydrogens is 375 g/mol. The van der Waals surface area contributed by atoms with Gasteiger partial charge in [-0.1, -0.05) is 25.1 Å². The van der Waals surface area contributed by atoms with Crippen LogP contribution in [0.1, 0.15) is 32.8 Å². The van der Waals surface area contributed by atoms with E-state index >= 15 is 0 Å². The van der Waals surface area contributed by atoms with Crippen molar-refractivity contribution in [2.75, 3.05) is 13.6 Å². The summed E-state index contributed by atoms with van der Waals surface area (Å²) in [5.74, 6) is -0.738. The summed E-state index contributed by atoms with van der Waals surface area (Å²) in [7, 11) is 1.68. The Hall–Kier alpha value is -2.52. The Kier molecular flexibility index (Phi) is 5.04. The number of benzene rings is 1. The number of urea groups is 1. The van der Waals surface area contributed by atoms with E-state index in [9.17, 15) is 14.0 Å². The highest BCUT2D eigenvalue weighted by Gasteiger charge is 2.57. The molecule has 1 aromatic carbocycles. The second-order valence-corrected chi connectivity index (χ2v) is 7.87. The minimum Gasteiger partial charge on any atom is -0.310 e. The first kappa shape index (κ1) is 19.8. The molecule has 2 fully saturated rings. The molecule has 0 saturated carbocycles. The van der Waals surface area contributed by atoms with Crippen LogP contribution in [0.3, 0.4) is 0 Å². The standard InChI is InChI=1S/C20H27FN6O2/c1-5-10-26-19-22-17-16(27(19)13(3)12(2)23-26)18(28)25(20(29)24(17)4)11-14-8-6-7-9-15(14)21/h6-9,13,16-17,19,22H,5,10-11H2,1-4H3. The van der Waals surface area contributed by atoms with Crippen LogP contribution in [0.25, 0.3) is 0 Å². The number of halogens is 1. The van der Waals surface area contributed by atoms with E-state index in [1.807, 2.05) is 18.9 Å². The Morgan fingerprint density at radius 1 is 1.24 bits per heavy atom. The van der Waals surface area contributed by atoms with Gasteiger partial charge in [-0.25, -0.2) is 14.1 Å². The van der Waals surface area contributed by atoms with Crippen LogP contribution in [0.15, 0.2) is 29.4 Å². The molecule has 4 atom stereocenters. The number of nitrogens with zero attached hydrogens (tertiary/aromatic N) is 5. The molecule has 8 nitrogen and oxygen atoms in total. The molecule has 156 valence electrons. The zero-order valence-electron chi connectivity index (χ0n) is 17.2. The highest BCUT2D eigenvalue weighted by atomic mass is 19.1. The third-order valence-electron chi connectivity index (χ3n) is 6.05. The van der Waals surface area contributed by atoms with Crippen LogP contribution in [0.2, 0.25) is 0 Å².